The van der Waals surface area contributed by atoms with E-state index in [4.69, 9.17) is 0 Å². The van der Waals surface area contributed by atoms with Crippen molar-refractivity contribution in [2.75, 3.05) is 11.1 Å². The van der Waals surface area contributed by atoms with Crippen LogP contribution in [0.1, 0.15) is 5.56 Å². The molecular formula is C12H12N2O2S. The first-order chi connectivity index (χ1) is 8.13. The number of carbonyl (C=O) groups excluding carboxylic acids is 2. The lowest BCUT2D eigenvalue weighted by Crippen LogP contribution is -2.16. The van der Waals surface area contributed by atoms with Crippen LogP contribution < -0.4 is 10.6 Å². The molecule has 0 atom stereocenters. The Bertz CT molecular complexity index is 480. The maximum Gasteiger partial charge on any atom is 0.250 e. The van der Waals surface area contributed by atoms with E-state index >= 15 is 0 Å². The maximum absolute atomic E-state index is 11.6. The van der Waals surface area contributed by atoms with Crippen LogP contribution in [0.3, 0.4) is 0 Å². The fourth-order valence-electron chi connectivity index (χ4n) is 1.36. The summed E-state index contributed by atoms with van der Waals surface area (Å²) < 4.78 is 0. The summed E-state index contributed by atoms with van der Waals surface area (Å²) in [5.74, 6) is 0.0758. The molecule has 0 aromatic heterocycles. The number of aryl methyl sites for hydroxylation is 1. The summed E-state index contributed by atoms with van der Waals surface area (Å²) in [7, 11) is 0. The van der Waals surface area contributed by atoms with Gasteiger partial charge in [0.1, 0.15) is 0 Å². The van der Waals surface area contributed by atoms with Crippen LogP contribution in [0, 0.1) is 6.92 Å². The highest BCUT2D eigenvalue weighted by atomic mass is 32.2. The Labute approximate surface area is 103 Å². The van der Waals surface area contributed by atoms with Gasteiger partial charge in [-0.15, -0.1) is 0 Å². The van der Waals surface area contributed by atoms with Gasteiger partial charge in [0.05, 0.1) is 10.8 Å². The number of thioether (sulfide) groups is 1. The van der Waals surface area contributed by atoms with Crippen molar-refractivity contribution in [3.8, 4) is 0 Å². The van der Waals surface area contributed by atoms with Crippen molar-refractivity contribution in [1.29, 1.82) is 0 Å². The Morgan fingerprint density at radius 3 is 2.71 bits per heavy atom. The number of benzene rings is 1. The summed E-state index contributed by atoms with van der Waals surface area (Å²) in [4.78, 5) is 22.5. The molecule has 1 heterocycles. The monoisotopic (exact) mass is 248 g/mol. The number of carbonyl (C=O) groups is 2. The van der Waals surface area contributed by atoms with Crippen LogP contribution in [0.2, 0.25) is 0 Å². The first-order valence-corrected chi connectivity index (χ1v) is 6.14. The molecule has 1 saturated heterocycles. The van der Waals surface area contributed by atoms with Crippen molar-refractivity contribution in [1.82, 2.24) is 5.32 Å². The van der Waals surface area contributed by atoms with Crippen molar-refractivity contribution in [3.05, 3.63) is 40.9 Å². The van der Waals surface area contributed by atoms with Gasteiger partial charge in [0.2, 0.25) is 5.91 Å². The predicted molar refractivity (Wildman–Crippen MR) is 68.5 cm³/mol. The van der Waals surface area contributed by atoms with Gasteiger partial charge >= 0.3 is 0 Å². The highest BCUT2D eigenvalue weighted by Gasteiger charge is 2.15. The smallest absolute Gasteiger partial charge is 0.250 e. The van der Waals surface area contributed by atoms with Gasteiger partial charge in [-0.25, -0.2) is 0 Å². The van der Waals surface area contributed by atoms with E-state index in [-0.39, 0.29) is 11.8 Å². The zero-order valence-corrected chi connectivity index (χ0v) is 10.1. The maximum atomic E-state index is 11.6. The Morgan fingerprint density at radius 2 is 2.12 bits per heavy atom. The Morgan fingerprint density at radius 1 is 1.41 bits per heavy atom. The Kier molecular flexibility index (Phi) is 3.49. The van der Waals surface area contributed by atoms with E-state index in [0.717, 1.165) is 11.3 Å². The van der Waals surface area contributed by atoms with E-state index in [9.17, 15) is 9.59 Å². The van der Waals surface area contributed by atoms with E-state index in [0.29, 0.717) is 10.8 Å². The lowest BCUT2D eigenvalue weighted by molar-refractivity contribution is -0.117. The molecule has 0 saturated carbocycles. The second-order valence-electron chi connectivity index (χ2n) is 3.70. The minimum atomic E-state index is -0.237. The normalized spacial score (nSPS) is 17.0. The average Bonchev–Trinajstić information content (AvgIpc) is 2.67. The van der Waals surface area contributed by atoms with Crippen LogP contribution in [0.5, 0.6) is 0 Å². The fraction of sp³-hybridized carbons (Fsp3) is 0.167. The molecule has 1 aromatic carbocycles. The molecule has 5 heteroatoms. The number of rotatable bonds is 2. The number of anilines is 1. The molecule has 4 nitrogen and oxygen atoms in total. The van der Waals surface area contributed by atoms with E-state index in [2.05, 4.69) is 10.6 Å². The third-order valence-corrected chi connectivity index (χ3v) is 3.14. The first-order valence-electron chi connectivity index (χ1n) is 5.15. The van der Waals surface area contributed by atoms with Gasteiger partial charge in [-0.2, -0.15) is 0 Å². The summed E-state index contributed by atoms with van der Waals surface area (Å²) in [5, 5.41) is 5.93. The summed E-state index contributed by atoms with van der Waals surface area (Å²) in [5.41, 5.74) is 1.88. The largest absolute Gasteiger partial charge is 0.322 e. The van der Waals surface area contributed by atoms with Gasteiger partial charge in [-0.1, -0.05) is 29.5 Å². The lowest BCUT2D eigenvalue weighted by Gasteiger charge is -2.03. The molecule has 0 aliphatic carbocycles. The molecule has 17 heavy (non-hydrogen) atoms. The molecule has 1 aliphatic heterocycles. The SMILES string of the molecule is Cc1ccc(NC(=O)/C=C2/NC(=O)CS2)cc1. The van der Waals surface area contributed by atoms with E-state index in [1.807, 2.05) is 31.2 Å². The Hall–Kier alpha value is -1.75. The van der Waals surface area contributed by atoms with Gasteiger partial charge < -0.3 is 10.6 Å². The van der Waals surface area contributed by atoms with Gasteiger partial charge in [0.15, 0.2) is 0 Å². The third kappa shape index (κ3) is 3.35. The number of nitrogens with one attached hydrogen (secondary N) is 2. The summed E-state index contributed by atoms with van der Waals surface area (Å²) in [6.45, 7) is 1.98. The van der Waals surface area contributed by atoms with Crippen LogP contribution in [-0.2, 0) is 9.59 Å². The lowest BCUT2D eigenvalue weighted by atomic mass is 10.2. The Balaban J connectivity index is 1.98. The average molecular weight is 248 g/mol. The summed E-state index contributed by atoms with van der Waals surface area (Å²) >= 11 is 1.33. The third-order valence-electron chi connectivity index (χ3n) is 2.20. The molecule has 0 unspecified atom stereocenters. The molecule has 1 aromatic rings. The highest BCUT2D eigenvalue weighted by molar-refractivity contribution is 8.04. The predicted octanol–water partition coefficient (Wildman–Crippen LogP) is 1.64. The molecule has 1 fully saturated rings. The van der Waals surface area contributed by atoms with E-state index in [1.54, 1.807) is 0 Å². The molecule has 0 bridgehead atoms. The quantitative estimate of drug-likeness (QED) is 0.782. The molecule has 2 amide bonds. The fourth-order valence-corrected chi connectivity index (χ4v) is 2.10. The van der Waals surface area contributed by atoms with E-state index in [1.165, 1.54) is 17.8 Å². The van der Waals surface area contributed by atoms with Crippen LogP contribution in [-0.4, -0.2) is 17.6 Å². The van der Waals surface area contributed by atoms with Gasteiger partial charge in [0, 0.05) is 11.8 Å². The van der Waals surface area contributed by atoms with Crippen LogP contribution in [0.25, 0.3) is 0 Å². The van der Waals surface area contributed by atoms with Gasteiger partial charge in [0.25, 0.3) is 5.91 Å². The minimum Gasteiger partial charge on any atom is -0.322 e. The molecule has 0 radical (unpaired) electrons. The second-order valence-corrected chi connectivity index (χ2v) is 4.72. The molecule has 0 spiro atoms. The minimum absolute atomic E-state index is 0.0654. The molecule has 2 N–H and O–H groups in total. The molecule has 2 rings (SSSR count). The molecular weight excluding hydrogens is 236 g/mol. The van der Waals surface area contributed by atoms with E-state index < -0.39 is 0 Å². The number of hydrogen-bond donors (Lipinski definition) is 2. The number of amides is 2. The zero-order valence-electron chi connectivity index (χ0n) is 9.32. The highest BCUT2D eigenvalue weighted by Crippen LogP contribution is 2.18. The second kappa shape index (κ2) is 5.05. The first kappa shape index (κ1) is 11.7. The van der Waals surface area contributed by atoms with Crippen LogP contribution in [0.15, 0.2) is 35.4 Å². The zero-order chi connectivity index (χ0) is 12.3. The van der Waals surface area contributed by atoms with Crippen molar-refractivity contribution >= 4 is 29.3 Å². The van der Waals surface area contributed by atoms with Crippen molar-refractivity contribution < 1.29 is 9.59 Å². The van der Waals surface area contributed by atoms with Crippen LogP contribution in [0.4, 0.5) is 5.69 Å². The molecule has 88 valence electrons. The van der Waals surface area contributed by atoms with Crippen LogP contribution >= 0.6 is 11.8 Å². The van der Waals surface area contributed by atoms with Gasteiger partial charge in [-0.3, -0.25) is 9.59 Å². The summed E-state index contributed by atoms with van der Waals surface area (Å²) in [6.07, 6.45) is 1.40. The standard InChI is InChI=1S/C12H12N2O2S/c1-8-2-4-9(5-3-8)13-10(15)6-12-14-11(16)7-17-12/h2-6H,7H2,1H3,(H,13,15)(H,14,16)/b12-6-. The van der Waals surface area contributed by atoms with Gasteiger partial charge in [-0.05, 0) is 19.1 Å². The van der Waals surface area contributed by atoms with Crippen molar-refractivity contribution in [3.63, 3.8) is 0 Å². The topological polar surface area (TPSA) is 58.2 Å². The van der Waals surface area contributed by atoms with Crippen molar-refractivity contribution in [2.45, 2.75) is 6.92 Å². The number of hydrogen-bond acceptors (Lipinski definition) is 3. The van der Waals surface area contributed by atoms with Crippen molar-refractivity contribution in [2.24, 2.45) is 0 Å². The summed E-state index contributed by atoms with van der Waals surface area (Å²) in [6, 6.07) is 7.53. The molecule has 1 aliphatic rings.